The van der Waals surface area contributed by atoms with Gasteiger partial charge in [0.15, 0.2) is 0 Å². The lowest BCUT2D eigenvalue weighted by molar-refractivity contribution is 0.304. The van der Waals surface area contributed by atoms with Crippen LogP contribution in [0.1, 0.15) is 37.6 Å². The minimum Gasteiger partial charge on any atom is -0.487 e. The largest absolute Gasteiger partial charge is 0.487 e. The Morgan fingerprint density at radius 2 is 2.10 bits per heavy atom. The average Bonchev–Trinajstić information content (AvgIpc) is 2.51. The Hall–Kier alpha value is -1.39. The summed E-state index contributed by atoms with van der Waals surface area (Å²) >= 11 is 3.46. The molecule has 1 aromatic carbocycles. The van der Waals surface area contributed by atoms with Crippen LogP contribution in [0.3, 0.4) is 0 Å². The molecule has 1 N–H and O–H groups in total. The van der Waals surface area contributed by atoms with E-state index < -0.39 is 0 Å². The maximum atomic E-state index is 5.77. The van der Waals surface area contributed by atoms with Gasteiger partial charge in [-0.15, -0.1) is 0 Å². The molecule has 0 saturated carbocycles. The predicted molar refractivity (Wildman–Crippen MR) is 89.4 cm³/mol. The van der Waals surface area contributed by atoms with Crippen LogP contribution in [-0.2, 0) is 6.61 Å². The number of rotatable bonds is 7. The van der Waals surface area contributed by atoms with Crippen LogP contribution in [-0.4, -0.2) is 11.5 Å². The molecule has 1 atom stereocenters. The minimum atomic E-state index is 0.314. The molecule has 0 aliphatic carbocycles. The summed E-state index contributed by atoms with van der Waals surface area (Å²) in [6, 6.07) is 12.4. The van der Waals surface area contributed by atoms with Crippen molar-refractivity contribution < 1.29 is 4.74 Å². The molecular weight excluding hydrogens is 328 g/mol. The highest BCUT2D eigenvalue weighted by molar-refractivity contribution is 9.10. The Bertz CT molecular complexity index is 557. The number of aromatic nitrogens is 1. The lowest BCUT2D eigenvalue weighted by Gasteiger charge is -2.15. The monoisotopic (exact) mass is 348 g/mol. The van der Waals surface area contributed by atoms with Gasteiger partial charge in [-0.05, 0) is 42.8 Å². The topological polar surface area (TPSA) is 34.1 Å². The van der Waals surface area contributed by atoms with Crippen molar-refractivity contribution in [3.05, 3.63) is 58.3 Å². The molecule has 0 radical (unpaired) electrons. The fourth-order valence-electron chi connectivity index (χ4n) is 2.18. The predicted octanol–water partition coefficient (Wildman–Crippen LogP) is 4.48. The molecule has 0 saturated heterocycles. The van der Waals surface area contributed by atoms with Crippen molar-refractivity contribution in [3.8, 4) is 5.75 Å². The molecule has 0 aliphatic rings. The van der Waals surface area contributed by atoms with Gasteiger partial charge in [0.25, 0.3) is 0 Å². The SMILES string of the molecule is CCNC(CC)c1ccc(OCc2cccc(Br)c2)cn1. The first-order chi connectivity index (χ1) is 10.2. The van der Waals surface area contributed by atoms with E-state index in [-0.39, 0.29) is 0 Å². The van der Waals surface area contributed by atoms with Gasteiger partial charge in [-0.1, -0.05) is 41.9 Å². The zero-order valence-electron chi connectivity index (χ0n) is 12.5. The van der Waals surface area contributed by atoms with Gasteiger partial charge in [0.1, 0.15) is 12.4 Å². The average molecular weight is 349 g/mol. The van der Waals surface area contributed by atoms with Crippen LogP contribution in [0, 0.1) is 0 Å². The second-order valence-corrected chi connectivity index (χ2v) is 5.77. The smallest absolute Gasteiger partial charge is 0.138 e. The van der Waals surface area contributed by atoms with Crippen LogP contribution in [0.2, 0.25) is 0 Å². The first kappa shape index (κ1) is 16.0. The van der Waals surface area contributed by atoms with E-state index in [0.29, 0.717) is 12.6 Å². The highest BCUT2D eigenvalue weighted by atomic mass is 79.9. The van der Waals surface area contributed by atoms with Crippen LogP contribution in [0.5, 0.6) is 5.75 Å². The van der Waals surface area contributed by atoms with Gasteiger partial charge in [0.2, 0.25) is 0 Å². The summed E-state index contributed by atoms with van der Waals surface area (Å²) in [5.74, 6) is 0.796. The second-order valence-electron chi connectivity index (χ2n) is 4.86. The number of hydrogen-bond acceptors (Lipinski definition) is 3. The van der Waals surface area contributed by atoms with E-state index in [9.17, 15) is 0 Å². The third kappa shape index (κ3) is 4.83. The first-order valence-electron chi connectivity index (χ1n) is 7.29. The van der Waals surface area contributed by atoms with Crippen LogP contribution >= 0.6 is 15.9 Å². The summed E-state index contributed by atoms with van der Waals surface area (Å²) in [7, 11) is 0. The maximum Gasteiger partial charge on any atom is 0.138 e. The molecule has 3 nitrogen and oxygen atoms in total. The van der Waals surface area contributed by atoms with E-state index in [1.54, 1.807) is 6.20 Å². The standard InChI is InChI=1S/C17H21BrN2O/c1-3-16(19-4-2)17-9-8-15(11-20-17)21-12-13-6-5-7-14(18)10-13/h5-11,16,19H,3-4,12H2,1-2H3. The number of pyridine rings is 1. The lowest BCUT2D eigenvalue weighted by atomic mass is 10.1. The van der Waals surface area contributed by atoms with Crippen molar-refractivity contribution >= 4 is 15.9 Å². The molecule has 0 aliphatic heterocycles. The zero-order chi connectivity index (χ0) is 15.1. The molecule has 0 spiro atoms. The molecule has 21 heavy (non-hydrogen) atoms. The number of halogens is 1. The number of ether oxygens (including phenoxy) is 1. The number of nitrogens with zero attached hydrogens (tertiary/aromatic N) is 1. The van der Waals surface area contributed by atoms with Crippen molar-refractivity contribution in [2.75, 3.05) is 6.54 Å². The van der Waals surface area contributed by atoms with Gasteiger partial charge >= 0.3 is 0 Å². The van der Waals surface area contributed by atoms with Crippen molar-refractivity contribution in [1.29, 1.82) is 0 Å². The molecule has 112 valence electrons. The van der Waals surface area contributed by atoms with Crippen molar-refractivity contribution in [2.24, 2.45) is 0 Å². The van der Waals surface area contributed by atoms with E-state index in [0.717, 1.165) is 34.4 Å². The Morgan fingerprint density at radius 1 is 1.24 bits per heavy atom. The van der Waals surface area contributed by atoms with Gasteiger partial charge in [0.05, 0.1) is 11.9 Å². The van der Waals surface area contributed by atoms with Crippen molar-refractivity contribution in [3.63, 3.8) is 0 Å². The lowest BCUT2D eigenvalue weighted by Crippen LogP contribution is -2.20. The van der Waals surface area contributed by atoms with Crippen molar-refractivity contribution in [1.82, 2.24) is 10.3 Å². The summed E-state index contributed by atoms with van der Waals surface area (Å²) in [6.07, 6.45) is 2.83. The van der Waals surface area contributed by atoms with Gasteiger partial charge in [-0.25, -0.2) is 0 Å². The van der Waals surface area contributed by atoms with Gasteiger partial charge in [0, 0.05) is 10.5 Å². The number of nitrogens with one attached hydrogen (secondary N) is 1. The molecule has 0 amide bonds. The molecule has 1 heterocycles. The maximum absolute atomic E-state index is 5.77. The van der Waals surface area contributed by atoms with E-state index in [1.807, 2.05) is 30.3 Å². The second kappa shape index (κ2) is 8.15. The third-order valence-electron chi connectivity index (χ3n) is 3.27. The Labute approximate surface area is 134 Å². The highest BCUT2D eigenvalue weighted by Crippen LogP contribution is 2.19. The molecule has 0 bridgehead atoms. The third-order valence-corrected chi connectivity index (χ3v) is 3.76. The zero-order valence-corrected chi connectivity index (χ0v) is 14.1. The Kier molecular flexibility index (Phi) is 6.21. The molecule has 1 unspecified atom stereocenters. The quantitative estimate of drug-likeness (QED) is 0.800. The van der Waals surface area contributed by atoms with E-state index >= 15 is 0 Å². The van der Waals surface area contributed by atoms with Gasteiger partial charge < -0.3 is 10.1 Å². The normalized spacial score (nSPS) is 12.1. The summed E-state index contributed by atoms with van der Waals surface area (Å²) in [5.41, 5.74) is 2.20. The molecule has 2 aromatic rings. The van der Waals surface area contributed by atoms with Gasteiger partial charge in [-0.2, -0.15) is 0 Å². The van der Waals surface area contributed by atoms with Crippen LogP contribution in [0.4, 0.5) is 0 Å². The fourth-order valence-corrected chi connectivity index (χ4v) is 2.63. The summed E-state index contributed by atoms with van der Waals surface area (Å²) in [6.45, 7) is 5.76. The molecular formula is C17H21BrN2O. The Balaban J connectivity index is 1.96. The Morgan fingerprint density at radius 3 is 2.71 bits per heavy atom. The molecule has 0 fully saturated rings. The first-order valence-corrected chi connectivity index (χ1v) is 8.08. The van der Waals surface area contributed by atoms with Crippen molar-refractivity contribution in [2.45, 2.75) is 32.9 Å². The molecule has 4 heteroatoms. The summed E-state index contributed by atoms with van der Waals surface area (Å²) < 4.78 is 6.84. The van der Waals surface area contributed by atoms with Crippen LogP contribution in [0.25, 0.3) is 0 Å². The van der Waals surface area contributed by atoms with E-state index in [4.69, 9.17) is 4.74 Å². The van der Waals surface area contributed by atoms with E-state index in [2.05, 4.69) is 46.1 Å². The van der Waals surface area contributed by atoms with Gasteiger partial charge in [-0.3, -0.25) is 4.98 Å². The number of benzene rings is 1. The van der Waals surface area contributed by atoms with Crippen LogP contribution in [0.15, 0.2) is 47.1 Å². The minimum absolute atomic E-state index is 0.314. The molecule has 2 rings (SSSR count). The van der Waals surface area contributed by atoms with E-state index in [1.165, 1.54) is 0 Å². The fraction of sp³-hybridized carbons (Fsp3) is 0.353. The number of hydrogen-bond donors (Lipinski definition) is 1. The summed E-state index contributed by atoms with van der Waals surface area (Å²) in [4.78, 5) is 4.50. The highest BCUT2D eigenvalue weighted by Gasteiger charge is 2.09. The molecule has 1 aromatic heterocycles. The summed E-state index contributed by atoms with van der Waals surface area (Å²) in [5, 5.41) is 3.42. The van der Waals surface area contributed by atoms with Crippen LogP contribution < -0.4 is 10.1 Å².